The fraction of sp³-hybridized carbons (Fsp3) is 0.636. The molecule has 0 bridgehead atoms. The van der Waals surface area contributed by atoms with Crippen LogP contribution in [0.2, 0.25) is 0 Å². The summed E-state index contributed by atoms with van der Waals surface area (Å²) in [5.74, 6) is 0.583. The van der Waals surface area contributed by atoms with E-state index < -0.39 is 6.10 Å². The lowest BCUT2D eigenvalue weighted by Gasteiger charge is -2.38. The van der Waals surface area contributed by atoms with E-state index in [-0.39, 0.29) is 43.2 Å². The highest BCUT2D eigenvalue weighted by Gasteiger charge is 2.46. The van der Waals surface area contributed by atoms with Crippen molar-refractivity contribution in [2.24, 2.45) is 0 Å². The minimum Gasteiger partial charge on any atom is -0.487 e. The molecule has 9 nitrogen and oxygen atoms in total. The summed E-state index contributed by atoms with van der Waals surface area (Å²) in [6.45, 7) is 3.02. The summed E-state index contributed by atoms with van der Waals surface area (Å²) < 4.78 is 17.0. The Morgan fingerprint density at radius 1 is 1.26 bits per heavy atom. The molecule has 1 aromatic carbocycles. The average Bonchev–Trinajstić information content (AvgIpc) is 3.12. The maximum absolute atomic E-state index is 12.8. The van der Waals surface area contributed by atoms with Gasteiger partial charge in [0, 0.05) is 50.5 Å². The van der Waals surface area contributed by atoms with Crippen molar-refractivity contribution < 1.29 is 28.9 Å². The van der Waals surface area contributed by atoms with Gasteiger partial charge in [-0.1, -0.05) is 0 Å². The zero-order valence-electron chi connectivity index (χ0n) is 18.1. The molecule has 2 N–H and O–H groups in total. The number of anilines is 1. The molecule has 2 amide bonds. The Morgan fingerprint density at radius 3 is 2.74 bits per heavy atom. The predicted octanol–water partition coefficient (Wildman–Crippen LogP) is 0.430. The molecule has 170 valence electrons. The van der Waals surface area contributed by atoms with Crippen LogP contribution in [0.5, 0.6) is 5.75 Å². The smallest absolute Gasteiger partial charge is 0.250 e. The molecule has 31 heavy (non-hydrogen) atoms. The molecule has 2 saturated heterocycles. The second-order valence-electron chi connectivity index (χ2n) is 8.53. The molecule has 9 heteroatoms. The highest BCUT2D eigenvalue weighted by molar-refractivity contribution is 5.92. The molecule has 0 saturated carbocycles. The quantitative estimate of drug-likeness (QED) is 0.671. The summed E-state index contributed by atoms with van der Waals surface area (Å²) in [5, 5.41) is 12.7. The summed E-state index contributed by atoms with van der Waals surface area (Å²) in [7, 11) is 3.53. The number of aliphatic hydroxyl groups excluding tert-OH is 1. The van der Waals surface area contributed by atoms with Crippen LogP contribution in [0.3, 0.4) is 0 Å². The van der Waals surface area contributed by atoms with Crippen molar-refractivity contribution in [1.29, 1.82) is 0 Å². The summed E-state index contributed by atoms with van der Waals surface area (Å²) in [4.78, 5) is 28.8. The van der Waals surface area contributed by atoms with Gasteiger partial charge >= 0.3 is 0 Å². The van der Waals surface area contributed by atoms with Crippen LogP contribution in [0.4, 0.5) is 5.69 Å². The Bertz CT molecular complexity index is 810. The number of methoxy groups -OCH3 is 1. The number of hydrogen-bond acceptors (Lipinski definition) is 7. The highest BCUT2D eigenvalue weighted by Crippen LogP contribution is 2.47. The number of nitrogens with zero attached hydrogens (tertiary/aromatic N) is 2. The van der Waals surface area contributed by atoms with Crippen molar-refractivity contribution in [3.05, 3.63) is 23.8 Å². The number of likely N-dealkylation sites (N-methyl/N-ethyl adjacent to an activating group) is 1. The van der Waals surface area contributed by atoms with E-state index in [1.54, 1.807) is 6.07 Å². The van der Waals surface area contributed by atoms with Gasteiger partial charge < -0.3 is 34.4 Å². The third-order valence-corrected chi connectivity index (χ3v) is 6.32. The largest absolute Gasteiger partial charge is 0.487 e. The second kappa shape index (κ2) is 9.52. The number of piperazine rings is 1. The first-order chi connectivity index (χ1) is 15.0. The van der Waals surface area contributed by atoms with Crippen LogP contribution in [0.1, 0.15) is 24.3 Å². The maximum atomic E-state index is 12.8. The normalized spacial score (nSPS) is 27.9. The number of ether oxygens (including phenoxy) is 3. The minimum atomic E-state index is -0.497. The Kier molecular flexibility index (Phi) is 6.76. The van der Waals surface area contributed by atoms with Crippen LogP contribution < -0.4 is 10.1 Å². The first-order valence-corrected chi connectivity index (χ1v) is 10.8. The lowest BCUT2D eigenvalue weighted by atomic mass is 9.84. The van der Waals surface area contributed by atoms with E-state index in [0.717, 1.165) is 37.5 Å². The number of fused-ring (bicyclic) bond motifs is 3. The topological polar surface area (TPSA) is 101 Å². The van der Waals surface area contributed by atoms with Gasteiger partial charge in [-0.2, -0.15) is 0 Å². The van der Waals surface area contributed by atoms with Crippen molar-refractivity contribution in [3.63, 3.8) is 0 Å². The van der Waals surface area contributed by atoms with Crippen LogP contribution in [0, 0.1) is 0 Å². The highest BCUT2D eigenvalue weighted by atomic mass is 16.6. The molecule has 0 radical (unpaired) electrons. The molecule has 2 fully saturated rings. The van der Waals surface area contributed by atoms with Gasteiger partial charge in [-0.25, -0.2) is 0 Å². The molecule has 3 aliphatic rings. The summed E-state index contributed by atoms with van der Waals surface area (Å²) in [6, 6.07) is 5.52. The average molecular weight is 434 g/mol. The number of carbonyl (C=O) groups excluding carboxylic acids is 2. The van der Waals surface area contributed by atoms with Gasteiger partial charge in [0.1, 0.15) is 24.6 Å². The van der Waals surface area contributed by atoms with E-state index in [2.05, 4.69) is 17.3 Å². The van der Waals surface area contributed by atoms with Gasteiger partial charge in [-0.3, -0.25) is 9.59 Å². The third-order valence-electron chi connectivity index (χ3n) is 6.32. The Morgan fingerprint density at radius 2 is 2.03 bits per heavy atom. The van der Waals surface area contributed by atoms with E-state index in [4.69, 9.17) is 14.2 Å². The summed E-state index contributed by atoms with van der Waals surface area (Å²) in [6.07, 6.45) is -0.165. The number of nitrogens with one attached hydrogen (secondary N) is 1. The van der Waals surface area contributed by atoms with Gasteiger partial charge in [0.25, 0.3) is 0 Å². The van der Waals surface area contributed by atoms with Gasteiger partial charge in [0.15, 0.2) is 0 Å². The fourth-order valence-corrected chi connectivity index (χ4v) is 4.67. The van der Waals surface area contributed by atoms with E-state index in [1.807, 2.05) is 17.0 Å². The van der Waals surface area contributed by atoms with Crippen LogP contribution in [0.15, 0.2) is 18.2 Å². The van der Waals surface area contributed by atoms with E-state index >= 15 is 0 Å². The molecule has 0 spiro atoms. The zero-order valence-corrected chi connectivity index (χ0v) is 18.1. The molecule has 0 unspecified atom stereocenters. The first kappa shape index (κ1) is 22.0. The molecule has 4 atom stereocenters. The lowest BCUT2D eigenvalue weighted by Crippen LogP contribution is -2.50. The maximum Gasteiger partial charge on any atom is 0.250 e. The first-order valence-electron chi connectivity index (χ1n) is 10.8. The van der Waals surface area contributed by atoms with Crippen LogP contribution in [-0.2, 0) is 19.1 Å². The number of rotatable bonds is 6. The zero-order chi connectivity index (χ0) is 22.0. The van der Waals surface area contributed by atoms with E-state index in [9.17, 15) is 14.7 Å². The van der Waals surface area contributed by atoms with Gasteiger partial charge in [0.05, 0.1) is 19.1 Å². The summed E-state index contributed by atoms with van der Waals surface area (Å²) in [5.41, 5.74) is 1.64. The monoisotopic (exact) mass is 433 g/mol. The number of benzene rings is 1. The van der Waals surface area contributed by atoms with Crippen molar-refractivity contribution >= 4 is 17.5 Å². The van der Waals surface area contributed by atoms with Crippen molar-refractivity contribution in [3.8, 4) is 5.75 Å². The number of hydrogen-bond donors (Lipinski definition) is 2. The van der Waals surface area contributed by atoms with Gasteiger partial charge in [-0.05, 0) is 31.7 Å². The molecule has 0 aliphatic carbocycles. The number of carbonyl (C=O) groups is 2. The molecular weight excluding hydrogens is 402 g/mol. The van der Waals surface area contributed by atoms with Gasteiger partial charge in [-0.15, -0.1) is 0 Å². The molecule has 3 aliphatic heterocycles. The molecule has 0 aromatic heterocycles. The fourth-order valence-electron chi connectivity index (χ4n) is 4.67. The molecular formula is C22H31N3O6. The van der Waals surface area contributed by atoms with E-state index in [1.165, 1.54) is 7.11 Å². The molecule has 1 aromatic rings. The molecule has 3 heterocycles. The third kappa shape index (κ3) is 4.85. The second-order valence-corrected chi connectivity index (χ2v) is 8.53. The predicted molar refractivity (Wildman–Crippen MR) is 113 cm³/mol. The van der Waals surface area contributed by atoms with Crippen molar-refractivity contribution in [2.45, 2.75) is 37.1 Å². The van der Waals surface area contributed by atoms with Crippen molar-refractivity contribution in [2.75, 3.05) is 58.9 Å². The summed E-state index contributed by atoms with van der Waals surface area (Å²) >= 11 is 0. The van der Waals surface area contributed by atoms with E-state index in [0.29, 0.717) is 18.5 Å². The van der Waals surface area contributed by atoms with Crippen LogP contribution in [-0.4, -0.2) is 98.6 Å². The number of aliphatic hydroxyl groups is 1. The number of amides is 2. The van der Waals surface area contributed by atoms with Crippen LogP contribution >= 0.6 is 0 Å². The molecule has 4 rings (SSSR count). The Labute approximate surface area is 182 Å². The minimum absolute atomic E-state index is 0.00883. The Balaban J connectivity index is 1.46. The van der Waals surface area contributed by atoms with Crippen molar-refractivity contribution in [1.82, 2.24) is 9.80 Å². The van der Waals surface area contributed by atoms with Gasteiger partial charge in [0.2, 0.25) is 11.8 Å². The standard InChI is InChI=1S/C22H31N3O6/c1-24-5-7-25(8-6-24)21(28)11-15-10-17-16-9-14(23-20(27)13-29-2)3-4-18(16)31-22(17)19(12-26)30-15/h3-4,9,15,17,19,22,26H,5-8,10-13H2,1-2H3,(H,23,27)/t15-,17+,19+,22-/m1/s1. The Hall–Kier alpha value is -2.20. The lowest BCUT2D eigenvalue weighted by molar-refractivity contribution is -0.150. The SMILES string of the molecule is COCC(=O)Nc1ccc2c(c1)[C@@H]1C[C@H](CC(=O)N3CCN(C)CC3)O[C@@H](CO)[C@@H]1O2. The van der Waals surface area contributed by atoms with Crippen LogP contribution in [0.25, 0.3) is 0 Å².